The highest BCUT2D eigenvalue weighted by molar-refractivity contribution is 6.33. The Bertz CT molecular complexity index is 870. The van der Waals surface area contributed by atoms with Gasteiger partial charge in [-0.15, -0.1) is 0 Å². The highest BCUT2D eigenvalue weighted by atomic mass is 35.5. The fraction of sp³-hybridized carbons (Fsp3) is 0.412. The molecule has 1 aromatic heterocycles. The zero-order valence-corrected chi connectivity index (χ0v) is 15.4. The maximum absolute atomic E-state index is 13.0. The summed E-state index contributed by atoms with van der Waals surface area (Å²) in [6.07, 6.45) is 0.389. The summed E-state index contributed by atoms with van der Waals surface area (Å²) in [5.41, 5.74) is -1.44. The van der Waals surface area contributed by atoms with Crippen molar-refractivity contribution >= 4 is 34.6 Å². The van der Waals surface area contributed by atoms with E-state index in [1.54, 1.807) is 0 Å². The van der Waals surface area contributed by atoms with Crippen LogP contribution in [0.4, 0.5) is 36.2 Å². The highest BCUT2D eigenvalue weighted by Crippen LogP contribution is 2.38. The van der Waals surface area contributed by atoms with Crippen LogP contribution in [-0.4, -0.2) is 28.0 Å². The van der Waals surface area contributed by atoms with Gasteiger partial charge in [0.1, 0.15) is 6.33 Å². The molecular formula is C17H17ClF3N5O2. The van der Waals surface area contributed by atoms with Gasteiger partial charge in [0.05, 0.1) is 21.2 Å². The molecule has 1 saturated heterocycles. The molecule has 0 radical (unpaired) electrons. The minimum atomic E-state index is -4.57. The average molecular weight is 416 g/mol. The second kappa shape index (κ2) is 8.17. The maximum Gasteiger partial charge on any atom is 0.416 e. The summed E-state index contributed by atoms with van der Waals surface area (Å²) in [5, 5.41) is 14.3. The number of anilines is 3. The Morgan fingerprint density at radius 1 is 1.14 bits per heavy atom. The van der Waals surface area contributed by atoms with Gasteiger partial charge in [0.15, 0.2) is 0 Å². The molecule has 1 aliphatic heterocycles. The zero-order valence-electron chi connectivity index (χ0n) is 14.7. The maximum atomic E-state index is 13.0. The fourth-order valence-electron chi connectivity index (χ4n) is 3.07. The number of nitro groups is 1. The fourth-order valence-corrected chi connectivity index (χ4v) is 3.23. The number of nitrogens with zero attached hydrogens (tertiary/aromatic N) is 4. The Labute approximate surface area is 163 Å². The van der Waals surface area contributed by atoms with Crippen molar-refractivity contribution in [2.24, 2.45) is 0 Å². The average Bonchev–Trinajstić information content (AvgIpc) is 2.91. The van der Waals surface area contributed by atoms with Crippen LogP contribution in [0.15, 0.2) is 24.5 Å². The van der Waals surface area contributed by atoms with Gasteiger partial charge in [0.2, 0.25) is 11.6 Å². The zero-order chi connectivity index (χ0) is 20.3. The molecule has 11 heteroatoms. The SMILES string of the molecule is O=[N+]([O-])c1c(Nc2cc(C(F)(F)F)ccc2Cl)ncnc1N1CCCCCC1. The molecule has 28 heavy (non-hydrogen) atoms. The van der Waals surface area contributed by atoms with Crippen LogP contribution < -0.4 is 10.2 Å². The summed E-state index contributed by atoms with van der Waals surface area (Å²) >= 11 is 5.98. The quantitative estimate of drug-likeness (QED) is 0.547. The van der Waals surface area contributed by atoms with Gasteiger partial charge in [-0.2, -0.15) is 13.2 Å². The second-order valence-electron chi connectivity index (χ2n) is 6.37. The predicted molar refractivity (Wildman–Crippen MR) is 99.1 cm³/mol. The molecule has 1 aliphatic rings. The first-order valence-electron chi connectivity index (χ1n) is 8.65. The van der Waals surface area contributed by atoms with Crippen molar-refractivity contribution in [3.8, 4) is 0 Å². The van der Waals surface area contributed by atoms with Crippen molar-refractivity contribution in [2.45, 2.75) is 31.9 Å². The summed E-state index contributed by atoms with van der Waals surface area (Å²) in [6.45, 7) is 1.23. The van der Waals surface area contributed by atoms with E-state index in [-0.39, 0.29) is 22.3 Å². The number of alkyl halides is 3. The molecule has 0 saturated carbocycles. The molecule has 7 nitrogen and oxygen atoms in total. The predicted octanol–water partition coefficient (Wildman–Crippen LogP) is 5.18. The van der Waals surface area contributed by atoms with Gasteiger partial charge in [0, 0.05) is 13.1 Å². The van der Waals surface area contributed by atoms with Gasteiger partial charge in [-0.25, -0.2) is 9.97 Å². The van der Waals surface area contributed by atoms with Crippen LogP contribution in [0.2, 0.25) is 5.02 Å². The molecular weight excluding hydrogens is 399 g/mol. The molecule has 0 unspecified atom stereocenters. The van der Waals surface area contributed by atoms with Crippen LogP contribution in [0.3, 0.4) is 0 Å². The minimum absolute atomic E-state index is 0.0165. The number of rotatable bonds is 4. The minimum Gasteiger partial charge on any atom is -0.351 e. The first kappa shape index (κ1) is 20.1. The van der Waals surface area contributed by atoms with E-state index in [0.717, 1.165) is 50.2 Å². The van der Waals surface area contributed by atoms with Crippen LogP contribution >= 0.6 is 11.6 Å². The third-order valence-electron chi connectivity index (χ3n) is 4.44. The molecule has 0 amide bonds. The summed E-state index contributed by atoms with van der Waals surface area (Å²) in [5.74, 6) is -0.0621. The van der Waals surface area contributed by atoms with Crippen molar-refractivity contribution in [1.82, 2.24) is 9.97 Å². The first-order chi connectivity index (χ1) is 13.3. The van der Waals surface area contributed by atoms with Gasteiger partial charge in [0.25, 0.3) is 0 Å². The highest BCUT2D eigenvalue weighted by Gasteiger charge is 2.32. The molecule has 0 aliphatic carbocycles. The van der Waals surface area contributed by atoms with Gasteiger partial charge < -0.3 is 10.2 Å². The Morgan fingerprint density at radius 3 is 2.43 bits per heavy atom. The number of halogens is 4. The lowest BCUT2D eigenvalue weighted by atomic mass is 10.2. The molecule has 1 fully saturated rings. The number of nitrogens with one attached hydrogen (secondary N) is 1. The molecule has 1 aromatic carbocycles. The van der Waals surface area contributed by atoms with Crippen LogP contribution in [0.25, 0.3) is 0 Å². The number of hydrogen-bond donors (Lipinski definition) is 1. The summed E-state index contributed by atoms with van der Waals surface area (Å²) in [4.78, 5) is 20.8. The van der Waals surface area contributed by atoms with E-state index in [1.807, 2.05) is 4.90 Å². The largest absolute Gasteiger partial charge is 0.416 e. The van der Waals surface area contributed by atoms with Crippen molar-refractivity contribution in [3.63, 3.8) is 0 Å². The Hall–Kier alpha value is -2.62. The molecule has 0 bridgehead atoms. The number of aromatic nitrogens is 2. The van der Waals surface area contributed by atoms with E-state index in [2.05, 4.69) is 15.3 Å². The number of hydrogen-bond acceptors (Lipinski definition) is 6. The monoisotopic (exact) mass is 415 g/mol. The number of benzene rings is 1. The Kier molecular flexibility index (Phi) is 5.87. The van der Waals surface area contributed by atoms with Gasteiger partial charge in [-0.3, -0.25) is 10.1 Å². The van der Waals surface area contributed by atoms with Crippen molar-refractivity contribution in [3.05, 3.63) is 45.2 Å². The molecule has 2 heterocycles. The van der Waals surface area contributed by atoms with E-state index >= 15 is 0 Å². The van der Waals surface area contributed by atoms with Crippen LogP contribution in [0.1, 0.15) is 31.2 Å². The van der Waals surface area contributed by atoms with Crippen LogP contribution in [0, 0.1) is 10.1 Å². The van der Waals surface area contributed by atoms with Crippen molar-refractivity contribution in [2.75, 3.05) is 23.3 Å². The van der Waals surface area contributed by atoms with E-state index in [9.17, 15) is 23.3 Å². The Balaban J connectivity index is 2.01. The molecule has 3 rings (SSSR count). The lowest BCUT2D eigenvalue weighted by Crippen LogP contribution is -2.26. The van der Waals surface area contributed by atoms with Crippen LogP contribution in [-0.2, 0) is 6.18 Å². The lowest BCUT2D eigenvalue weighted by molar-refractivity contribution is -0.383. The molecule has 0 spiro atoms. The Morgan fingerprint density at radius 2 is 1.82 bits per heavy atom. The first-order valence-corrected chi connectivity index (χ1v) is 9.03. The van der Waals surface area contributed by atoms with Crippen molar-refractivity contribution < 1.29 is 18.1 Å². The van der Waals surface area contributed by atoms with Gasteiger partial charge >= 0.3 is 11.9 Å². The van der Waals surface area contributed by atoms with Gasteiger partial charge in [-0.05, 0) is 31.0 Å². The summed E-state index contributed by atoms with van der Waals surface area (Å²) < 4.78 is 38.9. The third-order valence-corrected chi connectivity index (χ3v) is 4.77. The second-order valence-corrected chi connectivity index (χ2v) is 6.78. The normalized spacial score (nSPS) is 15.2. The summed E-state index contributed by atoms with van der Waals surface area (Å²) in [7, 11) is 0. The topological polar surface area (TPSA) is 84.2 Å². The molecule has 2 aromatic rings. The molecule has 150 valence electrons. The van der Waals surface area contributed by atoms with Gasteiger partial charge in [-0.1, -0.05) is 24.4 Å². The van der Waals surface area contributed by atoms with Crippen LogP contribution in [0.5, 0.6) is 0 Å². The van der Waals surface area contributed by atoms with E-state index in [0.29, 0.717) is 13.1 Å². The smallest absolute Gasteiger partial charge is 0.351 e. The third kappa shape index (κ3) is 4.44. The van der Waals surface area contributed by atoms with E-state index < -0.39 is 22.4 Å². The van der Waals surface area contributed by atoms with E-state index in [1.165, 1.54) is 0 Å². The lowest BCUT2D eigenvalue weighted by Gasteiger charge is -2.21. The van der Waals surface area contributed by atoms with Crippen molar-refractivity contribution in [1.29, 1.82) is 0 Å². The summed E-state index contributed by atoms with van der Waals surface area (Å²) in [6, 6.07) is 2.71. The standard InChI is InChI=1S/C17H17ClF3N5O2/c18-12-6-5-11(17(19,20)21)9-13(12)24-15-14(26(27)28)16(23-10-22-15)25-7-3-1-2-4-8-25/h5-6,9-10H,1-4,7-8H2,(H,22,23,24). The molecule has 0 atom stereocenters. The van der Waals surface area contributed by atoms with E-state index in [4.69, 9.17) is 11.6 Å². The molecule has 1 N–H and O–H groups in total.